The van der Waals surface area contributed by atoms with Crippen molar-refractivity contribution in [3.8, 4) is 6.07 Å². The zero-order chi connectivity index (χ0) is 13.1. The molecule has 0 saturated heterocycles. The SMILES string of the molecule is N#CC(C(=O)c1cc(Br)c(Br)s1)c1ccccn1. The summed E-state index contributed by atoms with van der Waals surface area (Å²) in [6.45, 7) is 0. The number of nitrogens with zero attached hydrogens (tertiary/aromatic N) is 2. The smallest absolute Gasteiger partial charge is 0.196 e. The van der Waals surface area contributed by atoms with Crippen molar-refractivity contribution in [3.05, 3.63) is 49.3 Å². The zero-order valence-corrected chi connectivity index (χ0v) is 12.9. The van der Waals surface area contributed by atoms with Crippen LogP contribution in [-0.2, 0) is 0 Å². The van der Waals surface area contributed by atoms with E-state index in [2.05, 4.69) is 36.8 Å². The number of nitriles is 1. The van der Waals surface area contributed by atoms with Gasteiger partial charge in [0, 0.05) is 10.7 Å². The standard InChI is InChI=1S/C12H6Br2N2OS/c13-8-5-10(18-12(8)14)11(17)7(6-15)9-3-1-2-4-16-9/h1-5,7H. The molecule has 1 unspecified atom stereocenters. The molecular weight excluding hydrogens is 380 g/mol. The van der Waals surface area contributed by atoms with E-state index >= 15 is 0 Å². The van der Waals surface area contributed by atoms with Gasteiger partial charge in [-0.2, -0.15) is 5.26 Å². The topological polar surface area (TPSA) is 53.8 Å². The molecule has 6 heteroatoms. The molecule has 0 aromatic carbocycles. The van der Waals surface area contributed by atoms with Crippen LogP contribution in [0.1, 0.15) is 21.3 Å². The van der Waals surface area contributed by atoms with Crippen LogP contribution in [-0.4, -0.2) is 10.8 Å². The maximum absolute atomic E-state index is 12.2. The van der Waals surface area contributed by atoms with Crippen molar-refractivity contribution in [3.63, 3.8) is 0 Å². The Morgan fingerprint density at radius 2 is 2.22 bits per heavy atom. The van der Waals surface area contributed by atoms with Crippen molar-refractivity contribution in [1.82, 2.24) is 4.98 Å². The fourth-order valence-corrected chi connectivity index (χ4v) is 3.42. The number of carbonyl (C=O) groups is 1. The molecule has 2 heterocycles. The fourth-order valence-electron chi connectivity index (χ4n) is 1.42. The molecule has 0 bridgehead atoms. The number of rotatable bonds is 3. The zero-order valence-electron chi connectivity index (χ0n) is 8.93. The van der Waals surface area contributed by atoms with E-state index in [9.17, 15) is 4.79 Å². The van der Waals surface area contributed by atoms with Crippen LogP contribution in [0.4, 0.5) is 0 Å². The third kappa shape index (κ3) is 2.69. The first kappa shape index (κ1) is 13.4. The number of thiophene rings is 1. The highest BCUT2D eigenvalue weighted by Gasteiger charge is 2.25. The maximum Gasteiger partial charge on any atom is 0.196 e. The van der Waals surface area contributed by atoms with Gasteiger partial charge in [-0.05, 0) is 50.1 Å². The minimum Gasteiger partial charge on any atom is -0.291 e. The van der Waals surface area contributed by atoms with Gasteiger partial charge >= 0.3 is 0 Å². The Kier molecular flexibility index (Phi) is 4.27. The van der Waals surface area contributed by atoms with Crippen molar-refractivity contribution >= 4 is 49.0 Å². The predicted octanol–water partition coefficient (Wildman–Crippen LogP) is 4.16. The molecule has 0 aliphatic carbocycles. The van der Waals surface area contributed by atoms with Gasteiger partial charge in [0.05, 0.1) is 20.4 Å². The van der Waals surface area contributed by atoms with Gasteiger partial charge in [-0.25, -0.2) is 0 Å². The maximum atomic E-state index is 12.2. The lowest BCUT2D eigenvalue weighted by Gasteiger charge is -2.05. The molecule has 0 radical (unpaired) electrons. The molecule has 2 rings (SSSR count). The van der Waals surface area contributed by atoms with Crippen LogP contribution in [0.25, 0.3) is 0 Å². The van der Waals surface area contributed by atoms with E-state index in [1.807, 2.05) is 6.07 Å². The molecule has 0 aliphatic rings. The van der Waals surface area contributed by atoms with E-state index in [1.165, 1.54) is 11.3 Å². The van der Waals surface area contributed by atoms with E-state index in [0.29, 0.717) is 10.6 Å². The highest BCUT2D eigenvalue weighted by atomic mass is 79.9. The Hall–Kier alpha value is -1.03. The molecule has 0 aliphatic heterocycles. The van der Waals surface area contributed by atoms with Crippen molar-refractivity contribution in [2.45, 2.75) is 5.92 Å². The van der Waals surface area contributed by atoms with Crippen LogP contribution in [0.2, 0.25) is 0 Å². The number of halogens is 2. The monoisotopic (exact) mass is 384 g/mol. The second kappa shape index (κ2) is 5.74. The minimum atomic E-state index is -0.858. The Balaban J connectivity index is 2.35. The molecule has 0 fully saturated rings. The van der Waals surface area contributed by atoms with Gasteiger partial charge in [-0.1, -0.05) is 6.07 Å². The van der Waals surface area contributed by atoms with Gasteiger partial charge in [0.25, 0.3) is 0 Å². The second-order valence-corrected chi connectivity index (χ2v) is 6.64. The van der Waals surface area contributed by atoms with Gasteiger partial charge in [0.15, 0.2) is 11.7 Å². The number of ketones is 1. The van der Waals surface area contributed by atoms with Crippen LogP contribution in [0.5, 0.6) is 0 Å². The summed E-state index contributed by atoms with van der Waals surface area (Å²) in [7, 11) is 0. The third-order valence-corrected chi connectivity index (χ3v) is 5.53. The minimum absolute atomic E-state index is 0.229. The summed E-state index contributed by atoms with van der Waals surface area (Å²) < 4.78 is 1.65. The number of carbonyl (C=O) groups excluding carboxylic acids is 1. The number of hydrogen-bond donors (Lipinski definition) is 0. The van der Waals surface area contributed by atoms with E-state index in [1.54, 1.807) is 30.5 Å². The fraction of sp³-hybridized carbons (Fsp3) is 0.0833. The van der Waals surface area contributed by atoms with E-state index in [4.69, 9.17) is 5.26 Å². The molecule has 0 saturated carbocycles. The normalized spacial score (nSPS) is 11.8. The molecule has 2 aromatic heterocycles. The Morgan fingerprint density at radius 1 is 1.44 bits per heavy atom. The lowest BCUT2D eigenvalue weighted by atomic mass is 10.0. The predicted molar refractivity (Wildman–Crippen MR) is 76.6 cm³/mol. The summed E-state index contributed by atoms with van der Waals surface area (Å²) in [5.74, 6) is -1.09. The largest absolute Gasteiger partial charge is 0.291 e. The molecule has 0 N–H and O–H groups in total. The summed E-state index contributed by atoms with van der Waals surface area (Å²) in [6, 6.07) is 8.92. The molecule has 1 atom stereocenters. The first-order valence-corrected chi connectivity index (χ1v) is 7.33. The van der Waals surface area contributed by atoms with Crippen LogP contribution in [0.3, 0.4) is 0 Å². The molecule has 0 amide bonds. The number of aromatic nitrogens is 1. The molecular formula is C12H6Br2N2OS. The number of Topliss-reactive ketones (excluding diaryl/α,β-unsaturated/α-hetero) is 1. The highest BCUT2D eigenvalue weighted by molar-refractivity contribution is 9.13. The summed E-state index contributed by atoms with van der Waals surface area (Å²) in [5, 5.41) is 9.16. The van der Waals surface area contributed by atoms with Crippen LogP contribution in [0, 0.1) is 11.3 Å². The van der Waals surface area contributed by atoms with Crippen molar-refractivity contribution in [2.75, 3.05) is 0 Å². The van der Waals surface area contributed by atoms with Gasteiger partial charge in [0.2, 0.25) is 0 Å². The summed E-state index contributed by atoms with van der Waals surface area (Å²) in [6.07, 6.45) is 1.58. The second-order valence-electron chi connectivity index (χ2n) is 3.41. The molecule has 0 spiro atoms. The van der Waals surface area contributed by atoms with Gasteiger partial charge < -0.3 is 0 Å². The van der Waals surface area contributed by atoms with Gasteiger partial charge in [0.1, 0.15) is 0 Å². The summed E-state index contributed by atoms with van der Waals surface area (Å²) in [5.41, 5.74) is 0.477. The first-order chi connectivity index (χ1) is 8.63. The summed E-state index contributed by atoms with van der Waals surface area (Å²) >= 11 is 7.96. The Bertz CT molecular complexity index is 599. The van der Waals surface area contributed by atoms with E-state index in [-0.39, 0.29) is 5.78 Å². The molecule has 3 nitrogen and oxygen atoms in total. The molecule has 18 heavy (non-hydrogen) atoms. The van der Waals surface area contributed by atoms with Crippen LogP contribution >= 0.6 is 43.2 Å². The quantitative estimate of drug-likeness (QED) is 0.745. The number of hydrogen-bond acceptors (Lipinski definition) is 4. The van der Waals surface area contributed by atoms with Crippen molar-refractivity contribution in [2.24, 2.45) is 0 Å². The van der Waals surface area contributed by atoms with Crippen molar-refractivity contribution < 1.29 is 4.79 Å². The highest BCUT2D eigenvalue weighted by Crippen LogP contribution is 2.34. The van der Waals surface area contributed by atoms with Crippen molar-refractivity contribution in [1.29, 1.82) is 5.26 Å². The lowest BCUT2D eigenvalue weighted by Crippen LogP contribution is -2.11. The first-order valence-electron chi connectivity index (χ1n) is 4.93. The van der Waals surface area contributed by atoms with Crippen LogP contribution < -0.4 is 0 Å². The Labute approximate surface area is 125 Å². The summed E-state index contributed by atoms with van der Waals surface area (Å²) in [4.78, 5) is 16.8. The van der Waals surface area contributed by atoms with E-state index < -0.39 is 5.92 Å². The number of pyridine rings is 1. The molecule has 2 aromatic rings. The average molecular weight is 386 g/mol. The van der Waals surface area contributed by atoms with Gasteiger partial charge in [-0.15, -0.1) is 11.3 Å². The van der Waals surface area contributed by atoms with Gasteiger partial charge in [-0.3, -0.25) is 9.78 Å². The Morgan fingerprint density at radius 3 is 2.72 bits per heavy atom. The van der Waals surface area contributed by atoms with E-state index in [0.717, 1.165) is 8.26 Å². The van der Waals surface area contributed by atoms with Crippen LogP contribution in [0.15, 0.2) is 38.7 Å². The third-order valence-electron chi connectivity index (χ3n) is 2.26. The average Bonchev–Trinajstić information content (AvgIpc) is 2.72. The molecule has 90 valence electrons. The lowest BCUT2D eigenvalue weighted by molar-refractivity contribution is 0.0981.